The standard InChI is InChI=1S/C59H34N4OS/c1-3-16-35(17-4-1)54-45-34-53-49(59(48-27-12-14-29-52(48)65-53)46-25-10-7-20-38(46)39-21-8-11-26-47(39)59)33-44(45)40-31-30-37(32-50(40)60-54)57-61-56(36-18-5-2-6-19-36)62-58(63-57)43-24-15-23-42-41-22-9-13-28-51(41)64-55(42)43/h1-34H. The monoisotopic (exact) mass is 846 g/mol. The Kier molecular flexibility index (Phi) is 7.77. The van der Waals surface area contributed by atoms with Gasteiger partial charge in [0, 0.05) is 48.0 Å². The van der Waals surface area contributed by atoms with Gasteiger partial charge in [-0.2, -0.15) is 0 Å². The van der Waals surface area contributed by atoms with Crippen LogP contribution in [-0.2, 0) is 5.41 Å². The van der Waals surface area contributed by atoms with Gasteiger partial charge < -0.3 is 4.42 Å². The number of benzene rings is 9. The Morgan fingerprint density at radius 3 is 1.75 bits per heavy atom. The lowest BCUT2D eigenvalue weighted by molar-refractivity contribution is 0.669. The summed E-state index contributed by atoms with van der Waals surface area (Å²) in [4.78, 5) is 23.5. The van der Waals surface area contributed by atoms with E-state index in [-0.39, 0.29) is 0 Å². The van der Waals surface area contributed by atoms with E-state index in [1.54, 1.807) is 0 Å². The number of pyridine rings is 1. The average Bonchev–Trinajstić information content (AvgIpc) is 3.90. The molecule has 2 aliphatic rings. The molecule has 1 aliphatic heterocycles. The molecule has 12 aromatic rings. The summed E-state index contributed by atoms with van der Waals surface area (Å²) in [5, 5.41) is 5.41. The van der Waals surface area contributed by atoms with Gasteiger partial charge in [-0.05, 0) is 75.2 Å². The van der Waals surface area contributed by atoms with Gasteiger partial charge in [0.15, 0.2) is 17.5 Å². The van der Waals surface area contributed by atoms with Gasteiger partial charge in [-0.15, -0.1) is 0 Å². The zero-order chi connectivity index (χ0) is 42.6. The highest BCUT2D eigenvalue weighted by molar-refractivity contribution is 7.99. The lowest BCUT2D eigenvalue weighted by Crippen LogP contribution is -2.32. The van der Waals surface area contributed by atoms with E-state index < -0.39 is 5.41 Å². The molecule has 65 heavy (non-hydrogen) atoms. The van der Waals surface area contributed by atoms with Crippen molar-refractivity contribution in [2.75, 3.05) is 0 Å². The number of hydrogen-bond acceptors (Lipinski definition) is 6. The minimum atomic E-state index is -0.501. The van der Waals surface area contributed by atoms with Crippen LogP contribution in [0, 0.1) is 0 Å². The van der Waals surface area contributed by atoms with E-state index in [0.29, 0.717) is 17.5 Å². The van der Waals surface area contributed by atoms with E-state index in [4.69, 9.17) is 24.4 Å². The molecule has 0 bridgehead atoms. The predicted molar refractivity (Wildman–Crippen MR) is 263 cm³/mol. The topological polar surface area (TPSA) is 64.7 Å². The van der Waals surface area contributed by atoms with E-state index in [0.717, 1.165) is 71.6 Å². The van der Waals surface area contributed by atoms with Crippen molar-refractivity contribution in [2.24, 2.45) is 0 Å². The Hall–Kier alpha value is -8.19. The van der Waals surface area contributed by atoms with Crippen LogP contribution in [-0.4, -0.2) is 19.9 Å². The Bertz CT molecular complexity index is 3890. The van der Waals surface area contributed by atoms with Crippen LogP contribution in [0.1, 0.15) is 22.3 Å². The predicted octanol–water partition coefficient (Wildman–Crippen LogP) is 15.0. The Labute approximate surface area is 378 Å². The number of fused-ring (bicyclic) bond motifs is 15. The molecular weight excluding hydrogens is 813 g/mol. The molecule has 3 aromatic heterocycles. The van der Waals surface area contributed by atoms with Crippen LogP contribution in [0.15, 0.2) is 220 Å². The summed E-state index contributed by atoms with van der Waals surface area (Å²) >= 11 is 1.86. The molecule has 0 radical (unpaired) electrons. The lowest BCUT2D eigenvalue weighted by Gasteiger charge is -2.40. The Balaban J connectivity index is 1.03. The Morgan fingerprint density at radius 1 is 0.354 bits per heavy atom. The summed E-state index contributed by atoms with van der Waals surface area (Å²) < 4.78 is 6.50. The van der Waals surface area contributed by atoms with Crippen LogP contribution in [0.3, 0.4) is 0 Å². The maximum absolute atomic E-state index is 6.50. The van der Waals surface area contributed by atoms with Crippen LogP contribution in [0.4, 0.5) is 0 Å². The molecular formula is C59H34N4OS. The first kappa shape index (κ1) is 36.3. The van der Waals surface area contributed by atoms with Gasteiger partial charge in [0.05, 0.1) is 22.2 Å². The van der Waals surface area contributed by atoms with Crippen molar-refractivity contribution < 1.29 is 4.42 Å². The van der Waals surface area contributed by atoms with E-state index in [1.165, 1.54) is 43.2 Å². The molecule has 302 valence electrons. The van der Waals surface area contributed by atoms with Gasteiger partial charge in [0.25, 0.3) is 0 Å². The van der Waals surface area contributed by atoms with E-state index in [1.807, 2.05) is 72.4 Å². The first-order chi connectivity index (χ1) is 32.2. The normalized spacial score (nSPS) is 13.3. The quantitative estimate of drug-likeness (QED) is 0.164. The highest BCUT2D eigenvalue weighted by Gasteiger charge is 2.50. The minimum Gasteiger partial charge on any atom is -0.455 e. The van der Waals surface area contributed by atoms with Crippen molar-refractivity contribution in [3.8, 4) is 56.5 Å². The summed E-state index contributed by atoms with van der Waals surface area (Å²) in [5.74, 6) is 1.69. The molecule has 5 nitrogen and oxygen atoms in total. The zero-order valence-electron chi connectivity index (χ0n) is 34.7. The lowest BCUT2D eigenvalue weighted by atomic mass is 9.67. The van der Waals surface area contributed by atoms with Gasteiger partial charge in [0.1, 0.15) is 11.2 Å². The maximum atomic E-state index is 6.50. The van der Waals surface area contributed by atoms with Gasteiger partial charge in [-0.25, -0.2) is 19.9 Å². The fourth-order valence-corrected chi connectivity index (χ4v) is 11.8. The van der Waals surface area contributed by atoms with E-state index in [9.17, 15) is 0 Å². The molecule has 1 spiro atoms. The number of rotatable bonds is 4. The van der Waals surface area contributed by atoms with Crippen molar-refractivity contribution in [3.63, 3.8) is 0 Å². The molecule has 0 unspecified atom stereocenters. The largest absolute Gasteiger partial charge is 0.455 e. The molecule has 9 aromatic carbocycles. The molecule has 6 heteroatoms. The first-order valence-corrected chi connectivity index (χ1v) is 22.7. The summed E-state index contributed by atoms with van der Waals surface area (Å²) in [6.45, 7) is 0. The van der Waals surface area contributed by atoms with Gasteiger partial charge in [0.2, 0.25) is 0 Å². The number of aromatic nitrogens is 4. The molecule has 0 saturated heterocycles. The number of furan rings is 1. The van der Waals surface area contributed by atoms with Crippen LogP contribution in [0.25, 0.3) is 100 Å². The zero-order valence-corrected chi connectivity index (χ0v) is 35.6. The summed E-state index contributed by atoms with van der Waals surface area (Å²) in [6, 6.07) is 73.3. The van der Waals surface area contributed by atoms with E-state index >= 15 is 0 Å². The van der Waals surface area contributed by atoms with Gasteiger partial charge in [-0.3, -0.25) is 0 Å². The third-order valence-electron chi connectivity index (χ3n) is 13.4. The van der Waals surface area contributed by atoms with Crippen molar-refractivity contribution in [1.82, 2.24) is 19.9 Å². The molecule has 0 N–H and O–H groups in total. The van der Waals surface area contributed by atoms with E-state index in [2.05, 4.69) is 146 Å². The second-order valence-corrected chi connectivity index (χ2v) is 17.9. The van der Waals surface area contributed by atoms with Crippen LogP contribution >= 0.6 is 11.8 Å². The first-order valence-electron chi connectivity index (χ1n) is 21.9. The second kappa shape index (κ2) is 13.9. The van der Waals surface area contributed by atoms with Gasteiger partial charge >= 0.3 is 0 Å². The molecule has 14 rings (SSSR count). The van der Waals surface area contributed by atoms with Crippen LogP contribution in [0.5, 0.6) is 0 Å². The maximum Gasteiger partial charge on any atom is 0.167 e. The molecule has 0 fully saturated rings. The highest BCUT2D eigenvalue weighted by atomic mass is 32.2. The average molecular weight is 847 g/mol. The molecule has 1 aliphatic carbocycles. The minimum absolute atomic E-state index is 0.501. The Morgan fingerprint density at radius 2 is 0.969 bits per heavy atom. The third-order valence-corrected chi connectivity index (χ3v) is 14.5. The molecule has 0 amide bonds. The SMILES string of the molecule is c1ccc(-c2nc(-c3ccc4c(c3)nc(-c3ccccc3)c3cc5c(cc34)C3(c4ccccc4S5)c4ccccc4-c4ccccc43)nc(-c3cccc4c3oc3ccccc34)n2)cc1. The summed E-state index contributed by atoms with van der Waals surface area (Å²) in [6.07, 6.45) is 0. The fraction of sp³-hybridized carbons (Fsp3) is 0.0169. The third kappa shape index (κ3) is 5.29. The van der Waals surface area contributed by atoms with Crippen molar-refractivity contribution in [2.45, 2.75) is 15.2 Å². The van der Waals surface area contributed by atoms with Crippen molar-refractivity contribution in [1.29, 1.82) is 0 Å². The summed E-state index contributed by atoms with van der Waals surface area (Å²) in [7, 11) is 0. The van der Waals surface area contributed by atoms with Crippen LogP contribution < -0.4 is 0 Å². The highest BCUT2D eigenvalue weighted by Crippen LogP contribution is 2.62. The van der Waals surface area contributed by atoms with Crippen molar-refractivity contribution >= 4 is 55.4 Å². The number of para-hydroxylation sites is 2. The van der Waals surface area contributed by atoms with Gasteiger partial charge in [-0.1, -0.05) is 182 Å². The summed E-state index contributed by atoms with van der Waals surface area (Å²) in [5.41, 5.74) is 14.3. The number of nitrogens with zero attached hydrogens (tertiary/aromatic N) is 4. The number of hydrogen-bond donors (Lipinski definition) is 0. The fourth-order valence-electron chi connectivity index (χ4n) is 10.6. The van der Waals surface area contributed by atoms with Crippen molar-refractivity contribution in [3.05, 3.63) is 229 Å². The molecule has 0 atom stereocenters. The van der Waals surface area contributed by atoms with Crippen LogP contribution in [0.2, 0.25) is 0 Å². The smallest absolute Gasteiger partial charge is 0.167 e. The molecule has 4 heterocycles. The second-order valence-electron chi connectivity index (χ2n) is 16.8. The molecule has 0 saturated carbocycles.